The second-order valence-electron chi connectivity index (χ2n) is 4.70. The van der Waals surface area contributed by atoms with Crippen LogP contribution in [0.1, 0.15) is 5.56 Å². The lowest BCUT2D eigenvalue weighted by molar-refractivity contribution is 0.966. The van der Waals surface area contributed by atoms with Gasteiger partial charge in [-0.1, -0.05) is 11.3 Å². The van der Waals surface area contributed by atoms with E-state index in [9.17, 15) is 0 Å². The molecule has 4 rings (SSSR count). The fourth-order valence-electron chi connectivity index (χ4n) is 2.15. The third-order valence-electron chi connectivity index (χ3n) is 3.24. The van der Waals surface area contributed by atoms with E-state index in [-0.39, 0.29) is 0 Å². The summed E-state index contributed by atoms with van der Waals surface area (Å²) in [5.41, 5.74) is 3.10. The van der Waals surface area contributed by atoms with Crippen LogP contribution in [0.5, 0.6) is 0 Å². The zero-order chi connectivity index (χ0) is 14.8. The molecule has 4 aromatic heterocycles. The highest BCUT2D eigenvalue weighted by atomic mass is 32.1. The molecule has 0 aromatic carbocycles. The average molecular weight is 308 g/mol. The van der Waals surface area contributed by atoms with Gasteiger partial charge in [0.15, 0.2) is 0 Å². The number of fused-ring (bicyclic) bond motifs is 1. The first kappa shape index (κ1) is 12.9. The van der Waals surface area contributed by atoms with Crippen LogP contribution in [0, 0.1) is 0 Å². The van der Waals surface area contributed by atoms with Crippen LogP contribution < -0.4 is 5.32 Å². The molecule has 0 radical (unpaired) electrons. The Hall–Kier alpha value is -2.80. The Bertz CT molecular complexity index is 884. The molecule has 7 heteroatoms. The maximum atomic E-state index is 4.58. The normalized spacial score (nSPS) is 10.9. The second-order valence-corrected chi connectivity index (χ2v) is 5.65. The SMILES string of the molecule is c1cncc(-c2cnc3sc(NCc4ccncc4)nn23)c1. The largest absolute Gasteiger partial charge is 0.356 e. The molecule has 6 nitrogen and oxygen atoms in total. The van der Waals surface area contributed by atoms with E-state index in [1.54, 1.807) is 18.6 Å². The van der Waals surface area contributed by atoms with E-state index >= 15 is 0 Å². The van der Waals surface area contributed by atoms with Crippen molar-refractivity contribution in [3.8, 4) is 11.3 Å². The number of rotatable bonds is 4. The molecule has 0 saturated heterocycles. The van der Waals surface area contributed by atoms with Gasteiger partial charge in [0.2, 0.25) is 10.1 Å². The monoisotopic (exact) mass is 308 g/mol. The first-order valence-electron chi connectivity index (χ1n) is 6.78. The van der Waals surface area contributed by atoms with Crippen LogP contribution in [-0.2, 0) is 6.54 Å². The van der Waals surface area contributed by atoms with Crippen molar-refractivity contribution < 1.29 is 0 Å². The summed E-state index contributed by atoms with van der Waals surface area (Å²) in [4.78, 5) is 13.4. The molecule has 0 aliphatic carbocycles. The molecule has 0 saturated carbocycles. The minimum atomic E-state index is 0.710. The quantitative estimate of drug-likeness (QED) is 0.628. The highest BCUT2D eigenvalue weighted by Crippen LogP contribution is 2.25. The maximum absolute atomic E-state index is 4.58. The van der Waals surface area contributed by atoms with Crippen LogP contribution in [0.3, 0.4) is 0 Å². The van der Waals surface area contributed by atoms with Gasteiger partial charge in [-0.05, 0) is 29.8 Å². The Morgan fingerprint density at radius 1 is 1.05 bits per heavy atom. The number of anilines is 1. The summed E-state index contributed by atoms with van der Waals surface area (Å²) in [6.07, 6.45) is 8.96. The van der Waals surface area contributed by atoms with Gasteiger partial charge in [0.1, 0.15) is 0 Å². The van der Waals surface area contributed by atoms with E-state index in [0.717, 1.165) is 26.9 Å². The van der Waals surface area contributed by atoms with Gasteiger partial charge < -0.3 is 5.32 Å². The molecule has 0 spiro atoms. The van der Waals surface area contributed by atoms with Gasteiger partial charge in [0, 0.05) is 36.9 Å². The van der Waals surface area contributed by atoms with Crippen molar-refractivity contribution in [2.75, 3.05) is 5.32 Å². The summed E-state index contributed by atoms with van der Waals surface area (Å²) in [7, 11) is 0. The van der Waals surface area contributed by atoms with Crippen LogP contribution in [0.25, 0.3) is 16.2 Å². The zero-order valence-corrected chi connectivity index (χ0v) is 12.4. The molecule has 22 heavy (non-hydrogen) atoms. The van der Waals surface area contributed by atoms with E-state index in [2.05, 4.69) is 25.4 Å². The highest BCUT2D eigenvalue weighted by Gasteiger charge is 2.11. The summed E-state index contributed by atoms with van der Waals surface area (Å²) >= 11 is 1.53. The molecular formula is C15H12N6S. The van der Waals surface area contributed by atoms with Crippen LogP contribution in [0.2, 0.25) is 0 Å². The number of nitrogens with one attached hydrogen (secondary N) is 1. The lowest BCUT2D eigenvalue weighted by atomic mass is 10.2. The van der Waals surface area contributed by atoms with Crippen molar-refractivity contribution in [3.05, 3.63) is 60.8 Å². The Labute approximate surface area is 130 Å². The maximum Gasteiger partial charge on any atom is 0.214 e. The van der Waals surface area contributed by atoms with Crippen LogP contribution in [0.15, 0.2) is 55.2 Å². The molecule has 0 aliphatic heterocycles. The number of hydrogen-bond donors (Lipinski definition) is 1. The van der Waals surface area contributed by atoms with Crippen LogP contribution in [-0.4, -0.2) is 24.6 Å². The Kier molecular flexibility index (Phi) is 3.24. The van der Waals surface area contributed by atoms with E-state index in [4.69, 9.17) is 0 Å². The number of hydrogen-bond acceptors (Lipinski definition) is 6. The third-order valence-corrected chi connectivity index (χ3v) is 4.12. The van der Waals surface area contributed by atoms with Crippen molar-refractivity contribution in [1.29, 1.82) is 0 Å². The van der Waals surface area contributed by atoms with Gasteiger partial charge in [0.05, 0.1) is 11.9 Å². The molecule has 0 bridgehead atoms. The molecule has 0 unspecified atom stereocenters. The number of aromatic nitrogens is 5. The predicted octanol–water partition coefficient (Wildman–Crippen LogP) is 2.86. The average Bonchev–Trinajstić information content (AvgIpc) is 3.15. The fourth-order valence-corrected chi connectivity index (χ4v) is 2.92. The molecule has 4 heterocycles. The van der Waals surface area contributed by atoms with Crippen molar-refractivity contribution >= 4 is 21.4 Å². The smallest absolute Gasteiger partial charge is 0.214 e. The first-order chi connectivity index (χ1) is 10.9. The van der Waals surface area contributed by atoms with Gasteiger partial charge >= 0.3 is 0 Å². The summed E-state index contributed by atoms with van der Waals surface area (Å²) in [6, 6.07) is 7.86. The van der Waals surface area contributed by atoms with Gasteiger partial charge in [0.25, 0.3) is 0 Å². The number of nitrogens with zero attached hydrogens (tertiary/aromatic N) is 5. The van der Waals surface area contributed by atoms with Crippen molar-refractivity contribution in [1.82, 2.24) is 24.6 Å². The minimum Gasteiger partial charge on any atom is -0.356 e. The first-order valence-corrected chi connectivity index (χ1v) is 7.59. The van der Waals surface area contributed by atoms with Crippen LogP contribution >= 0.6 is 11.3 Å². The Morgan fingerprint density at radius 3 is 2.77 bits per heavy atom. The second kappa shape index (κ2) is 5.53. The molecule has 108 valence electrons. The standard InChI is InChI=1S/C15H12N6S/c1-2-12(9-17-5-1)13-10-19-15-21(13)20-14(22-15)18-8-11-3-6-16-7-4-11/h1-7,9-10H,8H2,(H,18,20). The summed E-state index contributed by atoms with van der Waals surface area (Å²) < 4.78 is 1.84. The molecule has 0 fully saturated rings. The number of pyridine rings is 2. The molecule has 0 aliphatic rings. The number of imidazole rings is 1. The van der Waals surface area contributed by atoms with Gasteiger partial charge in [-0.25, -0.2) is 9.50 Å². The van der Waals surface area contributed by atoms with Gasteiger partial charge in [-0.3, -0.25) is 9.97 Å². The topological polar surface area (TPSA) is 68.0 Å². The van der Waals surface area contributed by atoms with Crippen LogP contribution in [0.4, 0.5) is 5.13 Å². The fraction of sp³-hybridized carbons (Fsp3) is 0.0667. The zero-order valence-electron chi connectivity index (χ0n) is 11.5. The Balaban J connectivity index is 1.60. The van der Waals surface area contributed by atoms with Gasteiger partial charge in [-0.15, -0.1) is 5.10 Å². The lowest BCUT2D eigenvalue weighted by Crippen LogP contribution is -2.00. The van der Waals surface area contributed by atoms with E-state index < -0.39 is 0 Å². The molecular weight excluding hydrogens is 296 g/mol. The van der Waals surface area contributed by atoms with Crippen molar-refractivity contribution in [2.24, 2.45) is 0 Å². The van der Waals surface area contributed by atoms with Gasteiger partial charge in [-0.2, -0.15) is 0 Å². The summed E-state index contributed by atoms with van der Waals surface area (Å²) in [6.45, 7) is 0.710. The minimum absolute atomic E-state index is 0.710. The van der Waals surface area contributed by atoms with Crippen molar-refractivity contribution in [2.45, 2.75) is 6.54 Å². The molecule has 0 amide bonds. The third kappa shape index (κ3) is 2.42. The summed E-state index contributed by atoms with van der Waals surface area (Å²) in [5.74, 6) is 0. The predicted molar refractivity (Wildman–Crippen MR) is 85.7 cm³/mol. The lowest BCUT2D eigenvalue weighted by Gasteiger charge is -2.01. The summed E-state index contributed by atoms with van der Waals surface area (Å²) in [5, 5.41) is 8.74. The highest BCUT2D eigenvalue weighted by molar-refractivity contribution is 7.20. The Morgan fingerprint density at radius 2 is 1.95 bits per heavy atom. The van der Waals surface area contributed by atoms with Crippen molar-refractivity contribution in [3.63, 3.8) is 0 Å². The van der Waals surface area contributed by atoms with E-state index in [1.165, 1.54) is 11.3 Å². The molecule has 4 aromatic rings. The molecule has 1 N–H and O–H groups in total. The molecule has 0 atom stereocenters. The van der Waals surface area contributed by atoms with E-state index in [1.807, 2.05) is 41.2 Å². The van der Waals surface area contributed by atoms with E-state index in [0.29, 0.717) is 6.54 Å².